The Balaban J connectivity index is 4.80. The molecule has 0 bridgehead atoms. The number of aliphatic hydroxyl groups is 1. The maximum Gasteiger partial charge on any atom is 0.472 e. The van der Waals surface area contributed by atoms with E-state index in [1.54, 1.807) is 0 Å². The molecule has 12 heteroatoms. The minimum Gasteiger partial charge on any atom is -0.462 e. The second-order valence-corrected chi connectivity index (χ2v) is 21.6. The van der Waals surface area contributed by atoms with E-state index in [-0.39, 0.29) is 25.9 Å². The number of unbranched alkanes of at least 4 members (excludes halogenated alkanes) is 21. The molecule has 0 saturated heterocycles. The van der Waals surface area contributed by atoms with Crippen LogP contribution in [0.1, 0.15) is 252 Å². The molecule has 0 radical (unpaired) electrons. The van der Waals surface area contributed by atoms with Crippen molar-refractivity contribution in [3.8, 4) is 0 Å². The quantitative estimate of drug-likeness (QED) is 0.0197. The average Bonchev–Trinajstić information content (AvgIpc) is 3.43. The summed E-state index contributed by atoms with van der Waals surface area (Å²) in [5.74, 6) is -1.55. The minimum absolute atomic E-state index is 0.139. The molecule has 0 aromatic heterocycles. The molecule has 0 aliphatic heterocycles. The van der Waals surface area contributed by atoms with Crippen LogP contribution in [0.4, 0.5) is 0 Å². The van der Waals surface area contributed by atoms with Gasteiger partial charge < -0.3 is 24.2 Å². The molecule has 0 aliphatic rings. The summed E-state index contributed by atoms with van der Waals surface area (Å²) in [4.78, 5) is 48.7. The van der Waals surface area contributed by atoms with Crippen LogP contribution in [0, 0.1) is 0 Å². The number of carbonyl (C=O) groups is 3. The van der Waals surface area contributed by atoms with Crippen molar-refractivity contribution >= 4 is 25.7 Å². The van der Waals surface area contributed by atoms with Crippen molar-refractivity contribution in [3.05, 3.63) is 109 Å². The van der Waals surface area contributed by atoms with E-state index in [9.17, 15) is 28.9 Å². The largest absolute Gasteiger partial charge is 0.472 e. The summed E-state index contributed by atoms with van der Waals surface area (Å²) in [5.41, 5.74) is 0. The third-order valence-electron chi connectivity index (χ3n) is 12.7. The van der Waals surface area contributed by atoms with Gasteiger partial charge in [-0.15, -0.1) is 0 Å². The van der Waals surface area contributed by atoms with Crippen LogP contribution >= 0.6 is 7.82 Å². The Bertz CT molecular complexity index is 1720. The van der Waals surface area contributed by atoms with Crippen molar-refractivity contribution in [2.45, 2.75) is 264 Å². The first-order valence-corrected chi connectivity index (χ1v) is 32.3. The first kappa shape index (κ1) is 74.1. The molecule has 0 saturated carbocycles. The van der Waals surface area contributed by atoms with Crippen molar-refractivity contribution < 1.29 is 52.2 Å². The summed E-state index contributed by atoms with van der Waals surface area (Å²) in [5, 5.41) is 9.84. The van der Waals surface area contributed by atoms with Gasteiger partial charge in [0.1, 0.15) is 12.7 Å². The van der Waals surface area contributed by atoms with E-state index < -0.39 is 57.8 Å². The van der Waals surface area contributed by atoms with Gasteiger partial charge in [-0.1, -0.05) is 226 Å². The van der Waals surface area contributed by atoms with Crippen molar-refractivity contribution in [1.82, 2.24) is 0 Å². The lowest BCUT2D eigenvalue weighted by Gasteiger charge is -2.21. The van der Waals surface area contributed by atoms with Gasteiger partial charge in [0, 0.05) is 19.3 Å². The molecule has 3 atom stereocenters. The molecule has 2 N–H and O–H groups in total. The van der Waals surface area contributed by atoms with Crippen molar-refractivity contribution in [2.75, 3.05) is 26.4 Å². The van der Waals surface area contributed by atoms with Gasteiger partial charge in [-0.25, -0.2) is 4.57 Å². The van der Waals surface area contributed by atoms with E-state index in [0.29, 0.717) is 25.7 Å². The van der Waals surface area contributed by atoms with Gasteiger partial charge in [-0.2, -0.15) is 0 Å². The topological polar surface area (TPSA) is 155 Å². The average molecular weight is 1110 g/mol. The fourth-order valence-corrected chi connectivity index (χ4v) is 8.83. The Hall–Kier alpha value is -3.86. The number of hydrogen-bond acceptors (Lipinski definition) is 10. The zero-order valence-corrected chi connectivity index (χ0v) is 50.2. The highest BCUT2D eigenvalue weighted by Crippen LogP contribution is 2.43. The smallest absolute Gasteiger partial charge is 0.462 e. The monoisotopic (exact) mass is 1110 g/mol. The normalized spacial score (nSPS) is 14.1. The number of ether oxygens (including phenoxy) is 3. The number of esters is 3. The fourth-order valence-electron chi connectivity index (χ4n) is 8.05. The molecule has 0 aliphatic carbocycles. The molecule has 0 heterocycles. The van der Waals surface area contributed by atoms with Crippen molar-refractivity contribution in [2.24, 2.45) is 0 Å². The van der Waals surface area contributed by atoms with Gasteiger partial charge in [0.2, 0.25) is 0 Å². The zero-order chi connectivity index (χ0) is 56.9. The fraction of sp³-hybridized carbons (Fsp3) is 0.682. The van der Waals surface area contributed by atoms with E-state index in [2.05, 4.69) is 124 Å². The molecule has 0 aromatic rings. The van der Waals surface area contributed by atoms with Crippen LogP contribution in [0.5, 0.6) is 0 Å². The summed E-state index contributed by atoms with van der Waals surface area (Å²) < 4.78 is 39.6. The molecular weight excluding hydrogens is 1000 g/mol. The number of phosphoric ester groups is 1. The summed E-state index contributed by atoms with van der Waals surface area (Å²) in [7, 11) is -4.77. The second-order valence-electron chi connectivity index (χ2n) is 20.1. The van der Waals surface area contributed by atoms with Crippen LogP contribution in [0.25, 0.3) is 0 Å². The third-order valence-corrected chi connectivity index (χ3v) is 13.6. The summed E-state index contributed by atoms with van der Waals surface area (Å²) in [6, 6.07) is 0. The second kappa shape index (κ2) is 59.3. The Labute approximate surface area is 475 Å². The molecule has 3 unspecified atom stereocenters. The van der Waals surface area contributed by atoms with Gasteiger partial charge in [0.15, 0.2) is 6.10 Å². The molecule has 0 amide bonds. The van der Waals surface area contributed by atoms with Gasteiger partial charge in [-0.05, 0) is 116 Å². The number of phosphoric acid groups is 1. The van der Waals surface area contributed by atoms with Crippen LogP contribution in [0.2, 0.25) is 0 Å². The standard InChI is InChI=1S/C66H111O11P/c1-4-7-10-13-16-19-22-25-28-31-34-37-40-43-46-49-52-55-64(68)73-59-63(77-66(70)57-54-51-48-45-42-39-36-33-30-27-24-21-18-15-12-9-6-3)61-75-78(71,72)74-60-62(58-67)76-65(69)56-53-50-47-44-41-38-35-32-29-26-23-20-17-14-11-8-5-2/h7,9-10,12,16,18-19,21,25-30,34,37,43,46,62-63,67H,4-6,8,11,13-15,17,20,22-24,31-33,35-36,38-42,44-45,47-61H2,1-3H3,(H,71,72)/b10-7-,12-9-,19-16-,21-18-,28-25-,29-26-,30-27-,37-34-,46-43-. The molecule has 78 heavy (non-hydrogen) atoms. The molecule has 0 aromatic carbocycles. The maximum atomic E-state index is 12.9. The lowest BCUT2D eigenvalue weighted by Crippen LogP contribution is -2.30. The maximum absolute atomic E-state index is 12.9. The van der Waals surface area contributed by atoms with Gasteiger partial charge >= 0.3 is 25.7 Å². The molecule has 11 nitrogen and oxygen atoms in total. The number of rotatable bonds is 56. The Morgan fingerprint density at radius 3 is 1.08 bits per heavy atom. The first-order valence-electron chi connectivity index (χ1n) is 30.8. The van der Waals surface area contributed by atoms with E-state index in [1.807, 2.05) is 6.08 Å². The molecule has 0 rings (SSSR count). The van der Waals surface area contributed by atoms with E-state index in [4.69, 9.17) is 23.3 Å². The van der Waals surface area contributed by atoms with E-state index >= 15 is 0 Å². The molecule has 0 spiro atoms. The predicted octanol–water partition coefficient (Wildman–Crippen LogP) is 18.6. The van der Waals surface area contributed by atoms with Crippen molar-refractivity contribution in [1.29, 1.82) is 0 Å². The predicted molar refractivity (Wildman–Crippen MR) is 325 cm³/mol. The lowest BCUT2D eigenvalue weighted by atomic mass is 10.1. The van der Waals surface area contributed by atoms with Crippen LogP contribution < -0.4 is 0 Å². The number of carbonyl (C=O) groups excluding carboxylic acids is 3. The summed E-state index contributed by atoms with van der Waals surface area (Å²) >= 11 is 0. The zero-order valence-electron chi connectivity index (χ0n) is 49.3. The Morgan fingerprint density at radius 1 is 0.372 bits per heavy atom. The summed E-state index contributed by atoms with van der Waals surface area (Å²) in [6.07, 6.45) is 71.9. The first-order chi connectivity index (χ1) is 38.2. The molecule has 0 fully saturated rings. The number of allylic oxidation sites excluding steroid dienone is 18. The Morgan fingerprint density at radius 2 is 0.679 bits per heavy atom. The highest BCUT2D eigenvalue weighted by molar-refractivity contribution is 7.47. The Kier molecular flexibility index (Phi) is 56.3. The molecule has 446 valence electrons. The van der Waals surface area contributed by atoms with Crippen LogP contribution in [-0.2, 0) is 42.2 Å². The van der Waals surface area contributed by atoms with Crippen LogP contribution in [0.15, 0.2) is 109 Å². The van der Waals surface area contributed by atoms with Gasteiger partial charge in [0.25, 0.3) is 0 Å². The van der Waals surface area contributed by atoms with Crippen LogP contribution in [-0.4, -0.2) is 66.5 Å². The van der Waals surface area contributed by atoms with Gasteiger partial charge in [-0.3, -0.25) is 23.4 Å². The lowest BCUT2D eigenvalue weighted by molar-refractivity contribution is -0.161. The van der Waals surface area contributed by atoms with E-state index in [0.717, 1.165) is 122 Å². The number of aliphatic hydroxyl groups excluding tert-OH is 1. The third kappa shape index (κ3) is 56.8. The highest BCUT2D eigenvalue weighted by Gasteiger charge is 2.28. The SMILES string of the molecule is CC/C=C\C/C=C\C/C=C\C/C=C\C/C=C\CCCC(=O)OCC(COP(=O)(O)OCC(CO)OC(=O)CCCCCCCCC/C=C\CCCCCCCC)OC(=O)CCCCCCCCC/C=C\C/C=C\C/C=C\CC. The summed E-state index contributed by atoms with van der Waals surface area (Å²) in [6.45, 7) is 4.35. The van der Waals surface area contributed by atoms with Crippen molar-refractivity contribution in [3.63, 3.8) is 0 Å². The molecular formula is C66H111O11P. The van der Waals surface area contributed by atoms with Crippen LogP contribution in [0.3, 0.4) is 0 Å². The highest BCUT2D eigenvalue weighted by atomic mass is 31.2. The number of hydrogen-bond donors (Lipinski definition) is 2. The van der Waals surface area contributed by atoms with Gasteiger partial charge in [0.05, 0.1) is 19.8 Å². The minimum atomic E-state index is -4.77. The van der Waals surface area contributed by atoms with E-state index in [1.165, 1.54) is 64.2 Å².